The Morgan fingerprint density at radius 2 is 1.81 bits per heavy atom. The summed E-state index contributed by atoms with van der Waals surface area (Å²) in [7, 11) is -2.21. The lowest BCUT2D eigenvalue weighted by Crippen LogP contribution is -2.30. The summed E-state index contributed by atoms with van der Waals surface area (Å²) in [4.78, 5) is 12.4. The first-order valence-corrected chi connectivity index (χ1v) is 10.3. The van der Waals surface area contributed by atoms with Crippen LogP contribution in [-0.4, -0.2) is 27.5 Å². The van der Waals surface area contributed by atoms with Crippen molar-refractivity contribution in [3.8, 4) is 5.75 Å². The molecule has 2 aromatic rings. The summed E-state index contributed by atoms with van der Waals surface area (Å²) in [5, 5.41) is 3.37. The molecule has 0 bridgehead atoms. The van der Waals surface area contributed by atoms with Crippen molar-refractivity contribution < 1.29 is 17.9 Å². The topological polar surface area (TPSA) is 84.5 Å². The molecule has 2 rings (SSSR count). The molecule has 6 nitrogen and oxygen atoms in total. The van der Waals surface area contributed by atoms with Crippen molar-refractivity contribution >= 4 is 33.2 Å². The van der Waals surface area contributed by atoms with Gasteiger partial charge in [-0.05, 0) is 56.2 Å². The largest absolute Gasteiger partial charge is 0.495 e. The Kier molecular flexibility index (Phi) is 7.24. The molecule has 0 fully saturated rings. The van der Waals surface area contributed by atoms with Crippen LogP contribution in [0.2, 0.25) is 5.02 Å². The van der Waals surface area contributed by atoms with Gasteiger partial charge in [0, 0.05) is 17.5 Å². The third kappa shape index (κ3) is 6.23. The molecule has 27 heavy (non-hydrogen) atoms. The summed E-state index contributed by atoms with van der Waals surface area (Å²) in [5.74, 6) is 0.146. The SMILES string of the molecule is COc1ccc(S(=O)(=O)NC(C)C)cc1NC(=O)CCc1ccc(Cl)cc1. The van der Waals surface area contributed by atoms with Crippen molar-refractivity contribution in [1.82, 2.24) is 4.72 Å². The third-order valence-corrected chi connectivity index (χ3v) is 5.61. The van der Waals surface area contributed by atoms with Gasteiger partial charge in [-0.1, -0.05) is 23.7 Å². The van der Waals surface area contributed by atoms with E-state index >= 15 is 0 Å². The van der Waals surface area contributed by atoms with Gasteiger partial charge in [-0.3, -0.25) is 4.79 Å². The van der Waals surface area contributed by atoms with Crippen molar-refractivity contribution in [2.24, 2.45) is 0 Å². The fourth-order valence-corrected chi connectivity index (χ4v) is 3.85. The second-order valence-corrected chi connectivity index (χ2v) is 8.46. The molecule has 0 aliphatic rings. The van der Waals surface area contributed by atoms with Gasteiger partial charge < -0.3 is 10.1 Å². The molecule has 0 radical (unpaired) electrons. The summed E-state index contributed by atoms with van der Waals surface area (Å²) in [6, 6.07) is 11.4. The van der Waals surface area contributed by atoms with Crippen LogP contribution in [0, 0.1) is 0 Å². The van der Waals surface area contributed by atoms with Crippen molar-refractivity contribution in [2.75, 3.05) is 12.4 Å². The van der Waals surface area contributed by atoms with Crippen LogP contribution in [0.5, 0.6) is 5.75 Å². The van der Waals surface area contributed by atoms with Crippen LogP contribution >= 0.6 is 11.6 Å². The molecule has 0 atom stereocenters. The van der Waals surface area contributed by atoms with Crippen LogP contribution in [0.3, 0.4) is 0 Å². The van der Waals surface area contributed by atoms with Crippen LogP contribution in [0.15, 0.2) is 47.4 Å². The maximum atomic E-state index is 12.3. The molecule has 0 saturated heterocycles. The summed E-state index contributed by atoms with van der Waals surface area (Å²) in [6.07, 6.45) is 0.782. The van der Waals surface area contributed by atoms with Crippen LogP contribution in [-0.2, 0) is 21.2 Å². The highest BCUT2D eigenvalue weighted by Crippen LogP contribution is 2.28. The molecule has 2 N–H and O–H groups in total. The van der Waals surface area contributed by atoms with Crippen LogP contribution in [0.1, 0.15) is 25.8 Å². The number of benzene rings is 2. The van der Waals surface area contributed by atoms with E-state index < -0.39 is 10.0 Å². The molecule has 8 heteroatoms. The molecule has 0 heterocycles. The van der Waals surface area contributed by atoms with Gasteiger partial charge in [-0.15, -0.1) is 0 Å². The first-order chi connectivity index (χ1) is 12.7. The fraction of sp³-hybridized carbons (Fsp3) is 0.316. The van der Waals surface area contributed by atoms with Crippen LogP contribution in [0.25, 0.3) is 0 Å². The normalized spacial score (nSPS) is 11.4. The highest BCUT2D eigenvalue weighted by atomic mass is 35.5. The summed E-state index contributed by atoms with van der Waals surface area (Å²) < 4.78 is 32.4. The molecule has 0 aliphatic carbocycles. The smallest absolute Gasteiger partial charge is 0.240 e. The third-order valence-electron chi connectivity index (χ3n) is 3.70. The number of hydrogen-bond acceptors (Lipinski definition) is 4. The standard InChI is InChI=1S/C19H23ClN2O4S/c1-13(2)22-27(24,25)16-9-10-18(26-3)17(12-16)21-19(23)11-6-14-4-7-15(20)8-5-14/h4-5,7-10,12-13,22H,6,11H2,1-3H3,(H,21,23). The predicted molar refractivity (Wildman–Crippen MR) is 107 cm³/mol. The zero-order valence-electron chi connectivity index (χ0n) is 15.5. The van der Waals surface area contributed by atoms with E-state index in [-0.39, 0.29) is 23.3 Å². The second-order valence-electron chi connectivity index (χ2n) is 6.31. The minimum absolute atomic E-state index is 0.0602. The number of sulfonamides is 1. The number of anilines is 1. The van der Waals surface area contributed by atoms with Crippen molar-refractivity contribution in [2.45, 2.75) is 37.6 Å². The number of methoxy groups -OCH3 is 1. The van der Waals surface area contributed by atoms with Gasteiger partial charge in [0.1, 0.15) is 5.75 Å². The summed E-state index contributed by atoms with van der Waals surface area (Å²) >= 11 is 5.85. The molecule has 0 saturated carbocycles. The average molecular weight is 411 g/mol. The Hall–Kier alpha value is -2.09. The van der Waals surface area contributed by atoms with E-state index in [9.17, 15) is 13.2 Å². The number of carbonyl (C=O) groups excluding carboxylic acids is 1. The maximum Gasteiger partial charge on any atom is 0.240 e. The highest BCUT2D eigenvalue weighted by Gasteiger charge is 2.18. The number of aryl methyl sites for hydroxylation is 1. The van der Waals surface area contributed by atoms with E-state index in [1.165, 1.54) is 25.3 Å². The first kappa shape index (κ1) is 21.2. The molecule has 0 spiro atoms. The van der Waals surface area contributed by atoms with Crippen molar-refractivity contribution in [1.29, 1.82) is 0 Å². The lowest BCUT2D eigenvalue weighted by molar-refractivity contribution is -0.116. The number of carbonyl (C=O) groups is 1. The molecular formula is C19H23ClN2O4S. The minimum atomic E-state index is -3.67. The number of hydrogen-bond donors (Lipinski definition) is 2. The van der Waals surface area contributed by atoms with Gasteiger partial charge in [0.05, 0.1) is 17.7 Å². The number of halogens is 1. The van der Waals surface area contributed by atoms with E-state index in [1.54, 1.807) is 26.0 Å². The minimum Gasteiger partial charge on any atom is -0.495 e. The monoisotopic (exact) mass is 410 g/mol. The number of amides is 1. The van der Waals surface area contributed by atoms with Gasteiger partial charge in [0.25, 0.3) is 0 Å². The van der Waals surface area contributed by atoms with Crippen LogP contribution in [0.4, 0.5) is 5.69 Å². The summed E-state index contributed by atoms with van der Waals surface area (Å²) in [6.45, 7) is 3.47. The Morgan fingerprint density at radius 1 is 1.15 bits per heavy atom. The van der Waals surface area contributed by atoms with E-state index in [4.69, 9.17) is 16.3 Å². The average Bonchev–Trinajstić information content (AvgIpc) is 2.60. The second kappa shape index (κ2) is 9.21. The Morgan fingerprint density at radius 3 is 2.41 bits per heavy atom. The van der Waals surface area contributed by atoms with Gasteiger partial charge in [0.2, 0.25) is 15.9 Å². The van der Waals surface area contributed by atoms with Gasteiger partial charge in [0.15, 0.2) is 0 Å². The zero-order chi connectivity index (χ0) is 20.0. The van der Waals surface area contributed by atoms with E-state index in [2.05, 4.69) is 10.0 Å². The first-order valence-electron chi connectivity index (χ1n) is 8.46. The maximum absolute atomic E-state index is 12.3. The van der Waals surface area contributed by atoms with Crippen molar-refractivity contribution in [3.05, 3.63) is 53.1 Å². The molecular weight excluding hydrogens is 388 g/mol. The number of rotatable bonds is 8. The lowest BCUT2D eigenvalue weighted by atomic mass is 10.1. The Balaban J connectivity index is 2.12. The van der Waals surface area contributed by atoms with E-state index in [0.717, 1.165) is 5.56 Å². The molecule has 0 unspecified atom stereocenters. The Bertz CT molecular complexity index is 896. The lowest BCUT2D eigenvalue weighted by Gasteiger charge is -2.14. The molecule has 0 aliphatic heterocycles. The van der Waals surface area contributed by atoms with Gasteiger partial charge in [-0.25, -0.2) is 13.1 Å². The Labute approximate surface area is 164 Å². The predicted octanol–water partition coefficient (Wildman–Crippen LogP) is 3.61. The van der Waals surface area contributed by atoms with Crippen LogP contribution < -0.4 is 14.8 Å². The van der Waals surface area contributed by atoms with E-state index in [0.29, 0.717) is 22.9 Å². The highest BCUT2D eigenvalue weighted by molar-refractivity contribution is 7.89. The quantitative estimate of drug-likeness (QED) is 0.696. The summed E-state index contributed by atoms with van der Waals surface area (Å²) in [5.41, 5.74) is 1.30. The van der Waals surface area contributed by atoms with E-state index in [1.807, 2.05) is 12.1 Å². The zero-order valence-corrected chi connectivity index (χ0v) is 17.0. The van der Waals surface area contributed by atoms with Gasteiger partial charge >= 0.3 is 0 Å². The fourth-order valence-electron chi connectivity index (χ4n) is 2.45. The molecule has 2 aromatic carbocycles. The number of nitrogens with one attached hydrogen (secondary N) is 2. The van der Waals surface area contributed by atoms with Crippen molar-refractivity contribution in [3.63, 3.8) is 0 Å². The molecule has 146 valence electrons. The van der Waals surface area contributed by atoms with Gasteiger partial charge in [-0.2, -0.15) is 0 Å². The molecule has 1 amide bonds. The number of ether oxygens (including phenoxy) is 1. The molecule has 0 aromatic heterocycles.